The molecule has 0 bridgehead atoms. The zero-order valence-electron chi connectivity index (χ0n) is 16.7. The number of nitrogens with zero attached hydrogens (tertiary/aromatic N) is 2. The van der Waals surface area contributed by atoms with E-state index >= 15 is 0 Å². The fourth-order valence-corrected chi connectivity index (χ4v) is 3.94. The molecule has 0 unspecified atom stereocenters. The van der Waals surface area contributed by atoms with Gasteiger partial charge in [0.25, 0.3) is 5.91 Å². The quantitative estimate of drug-likeness (QED) is 0.450. The van der Waals surface area contributed by atoms with Gasteiger partial charge in [0.1, 0.15) is 18.1 Å². The van der Waals surface area contributed by atoms with Gasteiger partial charge in [-0.2, -0.15) is 0 Å². The molecule has 5 nitrogen and oxygen atoms in total. The van der Waals surface area contributed by atoms with E-state index in [9.17, 15) is 4.79 Å². The zero-order chi connectivity index (χ0) is 21.8. The Morgan fingerprint density at radius 3 is 2.48 bits per heavy atom. The first-order valence-corrected chi connectivity index (χ1v) is 11.0. The average molecular weight is 480 g/mol. The smallest absolute Gasteiger partial charge is 0.289 e. The van der Waals surface area contributed by atoms with Crippen molar-refractivity contribution in [2.75, 3.05) is 26.2 Å². The monoisotopic (exact) mass is 478 g/mol. The number of piperazine rings is 1. The lowest BCUT2D eigenvalue weighted by molar-refractivity contribution is 0.0594. The van der Waals surface area contributed by atoms with Crippen molar-refractivity contribution in [3.05, 3.63) is 86.7 Å². The Kier molecular flexibility index (Phi) is 7.08. The number of carbonyl (C=O) groups excluding carboxylic acids is 1. The van der Waals surface area contributed by atoms with Crippen molar-refractivity contribution in [2.24, 2.45) is 0 Å². The summed E-state index contributed by atoms with van der Waals surface area (Å²) in [5.41, 5.74) is 1.10. The number of amides is 1. The van der Waals surface area contributed by atoms with Crippen LogP contribution in [0.3, 0.4) is 0 Å². The third kappa shape index (κ3) is 5.74. The third-order valence-corrected chi connectivity index (χ3v) is 6.07. The summed E-state index contributed by atoms with van der Waals surface area (Å²) >= 11 is 18.0. The molecule has 3 aromatic rings. The van der Waals surface area contributed by atoms with Gasteiger partial charge in [-0.05, 0) is 48.0 Å². The van der Waals surface area contributed by atoms with Gasteiger partial charge < -0.3 is 14.1 Å². The molecule has 0 radical (unpaired) electrons. The predicted octanol–water partition coefficient (Wildman–Crippen LogP) is 5.78. The fraction of sp³-hybridized carbons (Fsp3) is 0.261. The summed E-state index contributed by atoms with van der Waals surface area (Å²) in [4.78, 5) is 16.9. The Hall–Kier alpha value is -2.18. The zero-order valence-corrected chi connectivity index (χ0v) is 19.0. The van der Waals surface area contributed by atoms with Crippen LogP contribution in [0.5, 0.6) is 5.75 Å². The van der Waals surface area contributed by atoms with Gasteiger partial charge in [-0.1, -0.05) is 46.9 Å². The van der Waals surface area contributed by atoms with Crippen LogP contribution in [0.15, 0.2) is 59.0 Å². The van der Waals surface area contributed by atoms with Gasteiger partial charge >= 0.3 is 0 Å². The van der Waals surface area contributed by atoms with Crippen LogP contribution in [0.2, 0.25) is 15.1 Å². The molecule has 31 heavy (non-hydrogen) atoms. The molecule has 0 spiro atoms. The first-order chi connectivity index (χ1) is 15.0. The van der Waals surface area contributed by atoms with Crippen LogP contribution in [0.4, 0.5) is 0 Å². The molecular formula is C23H21Cl3N2O3. The van der Waals surface area contributed by atoms with Crippen molar-refractivity contribution in [1.82, 2.24) is 9.80 Å². The van der Waals surface area contributed by atoms with Gasteiger partial charge in [0.15, 0.2) is 5.76 Å². The van der Waals surface area contributed by atoms with E-state index in [2.05, 4.69) is 4.90 Å². The molecule has 0 saturated carbocycles. The summed E-state index contributed by atoms with van der Waals surface area (Å²) in [6.07, 6.45) is 0. The minimum Gasteiger partial charge on any atom is -0.486 e. The molecule has 1 amide bonds. The van der Waals surface area contributed by atoms with E-state index in [1.54, 1.807) is 24.3 Å². The number of halogens is 3. The molecule has 8 heteroatoms. The van der Waals surface area contributed by atoms with Crippen LogP contribution in [-0.4, -0.2) is 41.9 Å². The molecule has 0 N–H and O–H groups in total. The Morgan fingerprint density at radius 1 is 0.935 bits per heavy atom. The highest BCUT2D eigenvalue weighted by Gasteiger charge is 2.24. The lowest BCUT2D eigenvalue weighted by atomic mass is 10.2. The Labute approximate surface area is 196 Å². The Morgan fingerprint density at radius 2 is 1.74 bits per heavy atom. The number of furan rings is 1. The van der Waals surface area contributed by atoms with E-state index in [1.165, 1.54) is 0 Å². The highest BCUT2D eigenvalue weighted by molar-refractivity contribution is 6.42. The molecule has 0 atom stereocenters. The maximum atomic E-state index is 12.8. The standard InChI is InChI=1S/C23H21Cl3N2O3/c24-17-2-1-3-18(13-17)30-15-19-5-7-22(31-19)23(29)28-10-8-27(9-11-28)14-16-4-6-20(25)21(26)12-16/h1-7,12-13H,8-11,14-15H2. The third-order valence-electron chi connectivity index (χ3n) is 5.10. The van der Waals surface area contributed by atoms with E-state index in [-0.39, 0.29) is 12.5 Å². The number of carbonyl (C=O) groups is 1. The van der Waals surface area contributed by atoms with E-state index in [0.29, 0.717) is 45.4 Å². The van der Waals surface area contributed by atoms with Gasteiger partial charge in [0.05, 0.1) is 10.0 Å². The second kappa shape index (κ2) is 9.96. The number of rotatable bonds is 6. The molecule has 2 aromatic carbocycles. The van der Waals surface area contributed by atoms with E-state index in [4.69, 9.17) is 44.0 Å². The molecule has 1 aliphatic heterocycles. The van der Waals surface area contributed by atoms with Crippen LogP contribution in [0.25, 0.3) is 0 Å². The number of benzene rings is 2. The summed E-state index contributed by atoms with van der Waals surface area (Å²) < 4.78 is 11.4. The van der Waals surface area contributed by atoms with Crippen LogP contribution < -0.4 is 4.74 Å². The van der Waals surface area contributed by atoms with Crippen molar-refractivity contribution in [1.29, 1.82) is 0 Å². The summed E-state index contributed by atoms with van der Waals surface area (Å²) in [7, 11) is 0. The molecule has 1 fully saturated rings. The first-order valence-electron chi connectivity index (χ1n) is 9.90. The van der Waals surface area contributed by atoms with Gasteiger partial charge in [0.2, 0.25) is 0 Å². The molecular weight excluding hydrogens is 459 g/mol. The minimum absolute atomic E-state index is 0.108. The van der Waals surface area contributed by atoms with Crippen molar-refractivity contribution < 1.29 is 13.9 Å². The van der Waals surface area contributed by atoms with Crippen molar-refractivity contribution >= 4 is 40.7 Å². The Balaban J connectivity index is 1.28. The number of hydrogen-bond donors (Lipinski definition) is 0. The highest BCUT2D eigenvalue weighted by atomic mass is 35.5. The molecule has 1 saturated heterocycles. The summed E-state index contributed by atoms with van der Waals surface area (Å²) in [6.45, 7) is 3.81. The maximum absolute atomic E-state index is 12.8. The van der Waals surface area contributed by atoms with Crippen molar-refractivity contribution in [3.63, 3.8) is 0 Å². The molecule has 1 aromatic heterocycles. The van der Waals surface area contributed by atoms with E-state index in [0.717, 1.165) is 25.2 Å². The minimum atomic E-state index is -0.108. The van der Waals surface area contributed by atoms with Gasteiger partial charge in [-0.3, -0.25) is 9.69 Å². The fourth-order valence-electron chi connectivity index (χ4n) is 3.44. The first kappa shape index (κ1) is 22.0. The second-order valence-corrected chi connectivity index (χ2v) is 8.58. The lowest BCUT2D eigenvalue weighted by Crippen LogP contribution is -2.48. The molecule has 162 valence electrons. The van der Waals surface area contributed by atoms with Gasteiger partial charge in [0, 0.05) is 37.7 Å². The number of ether oxygens (including phenoxy) is 1. The van der Waals surface area contributed by atoms with Gasteiger partial charge in [-0.25, -0.2) is 0 Å². The molecule has 1 aliphatic rings. The van der Waals surface area contributed by atoms with Crippen LogP contribution in [0.1, 0.15) is 21.9 Å². The summed E-state index contributed by atoms with van der Waals surface area (Å²) in [5, 5.41) is 1.71. The van der Waals surface area contributed by atoms with E-state index in [1.807, 2.05) is 35.2 Å². The normalized spacial score (nSPS) is 14.6. The Bertz CT molecular complexity index is 1060. The molecule has 0 aliphatic carbocycles. The van der Waals surface area contributed by atoms with Crippen LogP contribution in [0, 0.1) is 0 Å². The SMILES string of the molecule is O=C(c1ccc(COc2cccc(Cl)c2)o1)N1CCN(Cc2ccc(Cl)c(Cl)c2)CC1. The topological polar surface area (TPSA) is 45.9 Å². The summed E-state index contributed by atoms with van der Waals surface area (Å²) in [5.74, 6) is 1.45. The number of hydrogen-bond acceptors (Lipinski definition) is 4. The maximum Gasteiger partial charge on any atom is 0.289 e. The average Bonchev–Trinajstić information content (AvgIpc) is 3.24. The van der Waals surface area contributed by atoms with Crippen molar-refractivity contribution in [2.45, 2.75) is 13.2 Å². The predicted molar refractivity (Wildman–Crippen MR) is 122 cm³/mol. The van der Waals surface area contributed by atoms with Crippen LogP contribution in [-0.2, 0) is 13.2 Å². The largest absolute Gasteiger partial charge is 0.486 e. The second-order valence-electron chi connectivity index (χ2n) is 7.33. The van der Waals surface area contributed by atoms with Gasteiger partial charge in [-0.15, -0.1) is 0 Å². The van der Waals surface area contributed by atoms with E-state index < -0.39 is 0 Å². The van der Waals surface area contributed by atoms with Crippen molar-refractivity contribution in [3.8, 4) is 5.75 Å². The molecule has 4 rings (SSSR count). The summed E-state index contributed by atoms with van der Waals surface area (Å²) in [6, 6.07) is 16.3. The van der Waals surface area contributed by atoms with Crippen LogP contribution >= 0.6 is 34.8 Å². The highest BCUT2D eigenvalue weighted by Crippen LogP contribution is 2.24. The lowest BCUT2D eigenvalue weighted by Gasteiger charge is -2.34. The molecule has 2 heterocycles.